The summed E-state index contributed by atoms with van der Waals surface area (Å²) in [6.45, 7) is 3.28. The van der Waals surface area contributed by atoms with E-state index in [-0.39, 0.29) is 40.7 Å². The monoisotopic (exact) mass is 476 g/mol. The van der Waals surface area contributed by atoms with E-state index in [0.717, 1.165) is 5.56 Å². The first-order valence-electron chi connectivity index (χ1n) is 11.0. The Morgan fingerprint density at radius 3 is 2.60 bits per heavy atom. The van der Waals surface area contributed by atoms with E-state index in [1.54, 1.807) is 41.3 Å². The molecule has 2 N–H and O–H groups in total. The number of aromatic nitrogens is 2. The van der Waals surface area contributed by atoms with Crippen molar-refractivity contribution in [3.63, 3.8) is 0 Å². The van der Waals surface area contributed by atoms with E-state index in [4.69, 9.17) is 20.5 Å². The van der Waals surface area contributed by atoms with Gasteiger partial charge in [0.2, 0.25) is 11.9 Å². The minimum atomic E-state index is -0.674. The molecule has 1 aliphatic rings. The molecule has 0 radical (unpaired) electrons. The van der Waals surface area contributed by atoms with Gasteiger partial charge in [-0.2, -0.15) is 10.2 Å². The Hall–Kier alpha value is -4.39. The number of carbonyl (C=O) groups is 1. The van der Waals surface area contributed by atoms with Crippen molar-refractivity contribution >= 4 is 34.7 Å². The third kappa shape index (κ3) is 4.66. The van der Waals surface area contributed by atoms with E-state index in [0.29, 0.717) is 30.6 Å². The van der Waals surface area contributed by atoms with Crippen LogP contribution in [0.1, 0.15) is 18.1 Å². The molecule has 0 bridgehead atoms. The highest BCUT2D eigenvalue weighted by molar-refractivity contribution is 5.93. The molecule has 2 heterocycles. The molecule has 1 aliphatic heterocycles. The molecule has 2 aromatic carbocycles. The summed E-state index contributed by atoms with van der Waals surface area (Å²) < 4.78 is 25.5. The zero-order valence-corrected chi connectivity index (χ0v) is 19.7. The van der Waals surface area contributed by atoms with Gasteiger partial charge in [0.15, 0.2) is 17.3 Å². The Labute approximate surface area is 202 Å². The molecule has 3 aromatic rings. The summed E-state index contributed by atoms with van der Waals surface area (Å²) in [4.78, 5) is 25.2. The van der Waals surface area contributed by atoms with Crippen LogP contribution < -0.4 is 20.1 Å². The minimum absolute atomic E-state index is 0.0428. The number of nitrogens with zero attached hydrogens (tertiary/aromatic N) is 5. The molecule has 1 atom stereocenters. The number of methoxy groups -OCH3 is 2. The molecule has 9 nitrogen and oxygen atoms in total. The lowest BCUT2D eigenvalue weighted by atomic mass is 10.1. The molecule has 0 aliphatic carbocycles. The van der Waals surface area contributed by atoms with Crippen LogP contribution in [-0.4, -0.2) is 60.7 Å². The lowest BCUT2D eigenvalue weighted by Gasteiger charge is -2.39. The maximum absolute atomic E-state index is 15.1. The van der Waals surface area contributed by atoms with Crippen molar-refractivity contribution < 1.29 is 18.7 Å². The smallest absolute Gasteiger partial charge is 0.246 e. The van der Waals surface area contributed by atoms with E-state index in [2.05, 4.69) is 16.0 Å². The lowest BCUT2D eigenvalue weighted by molar-refractivity contribution is -0.126. The van der Waals surface area contributed by atoms with Crippen LogP contribution in [0.3, 0.4) is 0 Å². The highest BCUT2D eigenvalue weighted by atomic mass is 19.1. The van der Waals surface area contributed by atoms with Crippen molar-refractivity contribution in [3.05, 3.63) is 53.4 Å². The summed E-state index contributed by atoms with van der Waals surface area (Å²) in [7, 11) is 2.77. The predicted octanol–water partition coefficient (Wildman–Crippen LogP) is 2.99. The highest BCUT2D eigenvalue weighted by Crippen LogP contribution is 2.37. The number of halogens is 1. The number of carbonyl (C=O) groups excluding carboxylic acids is 1. The van der Waals surface area contributed by atoms with Gasteiger partial charge in [0.05, 0.1) is 25.9 Å². The van der Waals surface area contributed by atoms with Crippen molar-refractivity contribution in [2.75, 3.05) is 44.5 Å². The molecule has 1 amide bonds. The number of ether oxygens (including phenoxy) is 2. The summed E-state index contributed by atoms with van der Waals surface area (Å²) in [5.41, 5.74) is 7.59. The van der Waals surface area contributed by atoms with Crippen molar-refractivity contribution in [1.82, 2.24) is 14.9 Å². The third-order valence-electron chi connectivity index (χ3n) is 5.95. The van der Waals surface area contributed by atoms with Crippen LogP contribution in [0, 0.1) is 17.1 Å². The number of piperazine rings is 1. The average Bonchev–Trinajstić information content (AvgIpc) is 2.87. The zero-order valence-electron chi connectivity index (χ0n) is 19.7. The second kappa shape index (κ2) is 9.85. The van der Waals surface area contributed by atoms with Crippen LogP contribution in [-0.2, 0) is 4.79 Å². The van der Waals surface area contributed by atoms with Gasteiger partial charge in [0.1, 0.15) is 11.3 Å². The fraction of sp³-hybridized carbons (Fsp3) is 0.280. The number of rotatable bonds is 5. The zero-order chi connectivity index (χ0) is 25.1. The summed E-state index contributed by atoms with van der Waals surface area (Å²) in [6, 6.07) is 10.5. The molecule has 10 heteroatoms. The largest absolute Gasteiger partial charge is 0.493 e. The molecular weight excluding hydrogens is 451 g/mol. The maximum Gasteiger partial charge on any atom is 0.246 e. The van der Waals surface area contributed by atoms with Gasteiger partial charge in [-0.1, -0.05) is 12.1 Å². The molecule has 0 saturated carbocycles. The van der Waals surface area contributed by atoms with Gasteiger partial charge >= 0.3 is 0 Å². The fourth-order valence-electron chi connectivity index (χ4n) is 4.06. The first kappa shape index (κ1) is 23.8. The van der Waals surface area contributed by atoms with Crippen LogP contribution in [0.4, 0.5) is 16.2 Å². The van der Waals surface area contributed by atoms with Crippen LogP contribution in [0.2, 0.25) is 0 Å². The van der Waals surface area contributed by atoms with Crippen LogP contribution in [0.5, 0.6) is 11.5 Å². The number of fused-ring (bicyclic) bond motifs is 1. The number of hydrogen-bond acceptors (Lipinski definition) is 8. The SMILES string of the molecule is COc1cc2c(N)nc(N3CCN(C(=O)C=Cc4ccc(C#N)cc4)C[C@@H]3C)nc2c(F)c1OC. The lowest BCUT2D eigenvalue weighted by Crippen LogP contribution is -2.54. The van der Waals surface area contributed by atoms with E-state index in [9.17, 15) is 4.79 Å². The van der Waals surface area contributed by atoms with Gasteiger partial charge in [0.25, 0.3) is 0 Å². The van der Waals surface area contributed by atoms with Crippen LogP contribution >= 0.6 is 0 Å². The van der Waals surface area contributed by atoms with Crippen LogP contribution in [0.15, 0.2) is 36.4 Å². The summed E-state index contributed by atoms with van der Waals surface area (Å²) in [5.74, 6) is -0.235. The second-order valence-electron chi connectivity index (χ2n) is 8.12. The first-order valence-corrected chi connectivity index (χ1v) is 11.0. The molecular formula is C25H25FN6O3. The number of nitrogen functional groups attached to an aromatic ring is 1. The standard InChI is InChI=1S/C25H25FN6O3/c1-15-14-31(20(33)9-8-16-4-6-17(13-27)7-5-16)10-11-32(15)25-29-22-18(24(28)30-25)12-19(34-2)23(35-3)21(22)26/h4-9,12,15H,10-11,14H2,1-3H3,(H2,28,29,30)/t15-/m0/s1. The Bertz CT molecular complexity index is 1340. The van der Waals surface area contributed by atoms with Gasteiger partial charge in [-0.25, -0.2) is 9.37 Å². The van der Waals surface area contributed by atoms with Gasteiger partial charge in [0, 0.05) is 37.1 Å². The number of nitriles is 1. The third-order valence-corrected chi connectivity index (χ3v) is 5.95. The van der Waals surface area contributed by atoms with E-state index >= 15 is 4.39 Å². The second-order valence-corrected chi connectivity index (χ2v) is 8.12. The Balaban J connectivity index is 1.52. The molecule has 1 fully saturated rings. The van der Waals surface area contributed by atoms with Crippen LogP contribution in [0.25, 0.3) is 17.0 Å². The Morgan fingerprint density at radius 2 is 1.97 bits per heavy atom. The van der Waals surface area contributed by atoms with E-state index < -0.39 is 5.82 Å². The molecule has 180 valence electrons. The molecule has 4 rings (SSSR count). The minimum Gasteiger partial charge on any atom is -0.493 e. The van der Waals surface area contributed by atoms with Gasteiger partial charge in [-0.15, -0.1) is 0 Å². The summed E-state index contributed by atoms with van der Waals surface area (Å²) >= 11 is 0. The predicted molar refractivity (Wildman–Crippen MR) is 131 cm³/mol. The number of nitrogens with two attached hydrogens (primary N) is 1. The molecule has 0 spiro atoms. The fourth-order valence-corrected chi connectivity index (χ4v) is 4.06. The van der Waals surface area contributed by atoms with Gasteiger partial charge in [-0.05, 0) is 36.8 Å². The highest BCUT2D eigenvalue weighted by Gasteiger charge is 2.29. The maximum atomic E-state index is 15.1. The number of benzene rings is 2. The number of hydrogen-bond donors (Lipinski definition) is 1. The van der Waals surface area contributed by atoms with Crippen molar-refractivity contribution in [2.24, 2.45) is 0 Å². The van der Waals surface area contributed by atoms with Gasteiger partial charge < -0.3 is 25.0 Å². The molecule has 1 aromatic heterocycles. The normalized spacial score (nSPS) is 15.9. The first-order chi connectivity index (χ1) is 16.9. The molecule has 0 unspecified atom stereocenters. The van der Waals surface area contributed by atoms with E-state index in [1.165, 1.54) is 20.3 Å². The van der Waals surface area contributed by atoms with E-state index in [1.807, 2.05) is 11.8 Å². The van der Waals surface area contributed by atoms with Crippen molar-refractivity contribution in [2.45, 2.75) is 13.0 Å². The average molecular weight is 477 g/mol. The quantitative estimate of drug-likeness (QED) is 0.559. The topological polar surface area (TPSA) is 118 Å². The summed E-state index contributed by atoms with van der Waals surface area (Å²) in [5, 5.41) is 9.22. The number of amides is 1. The van der Waals surface area contributed by atoms with Crippen molar-refractivity contribution in [3.8, 4) is 17.6 Å². The molecule has 35 heavy (non-hydrogen) atoms. The molecule has 1 saturated heterocycles. The Morgan fingerprint density at radius 1 is 1.23 bits per heavy atom. The Kier molecular flexibility index (Phi) is 6.68. The van der Waals surface area contributed by atoms with Gasteiger partial charge in [-0.3, -0.25) is 4.79 Å². The summed E-state index contributed by atoms with van der Waals surface area (Å²) in [6.07, 6.45) is 3.24. The van der Waals surface area contributed by atoms with Crippen molar-refractivity contribution in [1.29, 1.82) is 5.26 Å². The number of anilines is 2.